The highest BCUT2D eigenvalue weighted by Gasteiger charge is 2.38. The molecule has 0 aromatic heterocycles. The molecule has 2 aromatic rings. The molecule has 1 fully saturated rings. The minimum atomic E-state index is -4.30. The largest absolute Gasteiger partial charge is 0.335 e. The standard InChI is InChI=1S/C18H19NO4S/c20-17-11-12-19(24(21,22)23)13-16(17)18(14-7-3-1-4-8-14)15-9-5-2-6-10-15/h1-10,16,18H,11-13H2,(H,21,22,23). The topological polar surface area (TPSA) is 74.7 Å². The van der Waals surface area contributed by atoms with Crippen molar-refractivity contribution in [2.45, 2.75) is 12.3 Å². The van der Waals surface area contributed by atoms with Crippen LogP contribution in [0.15, 0.2) is 60.7 Å². The van der Waals surface area contributed by atoms with Crippen LogP contribution in [0.25, 0.3) is 0 Å². The summed E-state index contributed by atoms with van der Waals surface area (Å²) in [5, 5.41) is 0. The molecule has 0 spiro atoms. The molecule has 1 atom stereocenters. The molecule has 0 radical (unpaired) electrons. The van der Waals surface area contributed by atoms with Gasteiger partial charge >= 0.3 is 10.3 Å². The highest BCUT2D eigenvalue weighted by atomic mass is 32.2. The van der Waals surface area contributed by atoms with Gasteiger partial charge in [-0.3, -0.25) is 9.35 Å². The molecule has 1 aliphatic rings. The number of piperidine rings is 1. The smallest absolute Gasteiger partial charge is 0.299 e. The number of hydrogen-bond acceptors (Lipinski definition) is 3. The molecule has 6 heteroatoms. The molecule has 1 saturated heterocycles. The average Bonchev–Trinajstić information content (AvgIpc) is 2.58. The summed E-state index contributed by atoms with van der Waals surface area (Å²) in [6.07, 6.45) is 0.112. The van der Waals surface area contributed by atoms with Crippen LogP contribution in [0.4, 0.5) is 0 Å². The molecule has 0 bridgehead atoms. The Hall–Kier alpha value is -2.02. The maximum Gasteiger partial charge on any atom is 0.335 e. The SMILES string of the molecule is O=C1CCN(S(=O)(=O)O)CC1C(c1ccccc1)c1ccccc1. The third-order valence-electron chi connectivity index (χ3n) is 4.47. The minimum Gasteiger partial charge on any atom is -0.299 e. The van der Waals surface area contributed by atoms with E-state index in [-0.39, 0.29) is 31.2 Å². The molecular formula is C18H19NO4S. The van der Waals surface area contributed by atoms with Crippen LogP contribution in [-0.2, 0) is 15.1 Å². The molecule has 126 valence electrons. The van der Waals surface area contributed by atoms with Gasteiger partial charge in [-0.15, -0.1) is 0 Å². The zero-order chi connectivity index (χ0) is 17.2. The van der Waals surface area contributed by atoms with Crippen LogP contribution < -0.4 is 0 Å². The van der Waals surface area contributed by atoms with Gasteiger partial charge in [0.05, 0.1) is 0 Å². The van der Waals surface area contributed by atoms with Gasteiger partial charge in [0.25, 0.3) is 0 Å². The maximum atomic E-state index is 12.6. The number of rotatable bonds is 4. The summed E-state index contributed by atoms with van der Waals surface area (Å²) in [4.78, 5) is 12.6. The van der Waals surface area contributed by atoms with Crippen molar-refractivity contribution < 1.29 is 17.8 Å². The summed E-state index contributed by atoms with van der Waals surface area (Å²) in [6.45, 7) is 0.0244. The van der Waals surface area contributed by atoms with Crippen molar-refractivity contribution in [1.82, 2.24) is 4.31 Å². The number of ketones is 1. The maximum absolute atomic E-state index is 12.6. The molecule has 2 aromatic carbocycles. The average molecular weight is 345 g/mol. The number of nitrogens with zero attached hydrogens (tertiary/aromatic N) is 1. The van der Waals surface area contributed by atoms with Crippen LogP contribution in [0, 0.1) is 5.92 Å². The summed E-state index contributed by atoms with van der Waals surface area (Å²) < 4.78 is 33.3. The van der Waals surface area contributed by atoms with E-state index in [0.29, 0.717) is 0 Å². The van der Waals surface area contributed by atoms with Crippen molar-refractivity contribution in [2.24, 2.45) is 5.92 Å². The Morgan fingerprint density at radius 1 is 0.958 bits per heavy atom. The van der Waals surface area contributed by atoms with E-state index in [9.17, 15) is 17.8 Å². The van der Waals surface area contributed by atoms with Crippen molar-refractivity contribution in [2.75, 3.05) is 13.1 Å². The van der Waals surface area contributed by atoms with Gasteiger partial charge in [0.2, 0.25) is 0 Å². The highest BCUT2D eigenvalue weighted by molar-refractivity contribution is 7.83. The molecule has 24 heavy (non-hydrogen) atoms. The summed E-state index contributed by atoms with van der Waals surface area (Å²) in [7, 11) is -4.30. The monoisotopic (exact) mass is 345 g/mol. The van der Waals surface area contributed by atoms with Crippen LogP contribution in [-0.4, -0.2) is 36.1 Å². The fourth-order valence-electron chi connectivity index (χ4n) is 3.31. The van der Waals surface area contributed by atoms with Crippen molar-refractivity contribution in [3.63, 3.8) is 0 Å². The number of benzene rings is 2. The van der Waals surface area contributed by atoms with E-state index in [0.717, 1.165) is 15.4 Å². The van der Waals surface area contributed by atoms with Crippen molar-refractivity contribution in [1.29, 1.82) is 0 Å². The Kier molecular flexibility index (Phi) is 4.80. The van der Waals surface area contributed by atoms with Crippen LogP contribution in [0.1, 0.15) is 23.5 Å². The lowest BCUT2D eigenvalue weighted by Gasteiger charge is -2.34. The van der Waals surface area contributed by atoms with Crippen molar-refractivity contribution >= 4 is 16.1 Å². The molecule has 0 saturated carbocycles. The predicted molar refractivity (Wildman–Crippen MR) is 91.0 cm³/mol. The molecule has 0 amide bonds. The zero-order valence-electron chi connectivity index (χ0n) is 13.1. The van der Waals surface area contributed by atoms with Crippen LogP contribution >= 0.6 is 0 Å². The van der Waals surface area contributed by atoms with Crippen molar-refractivity contribution in [3.05, 3.63) is 71.8 Å². The summed E-state index contributed by atoms with van der Waals surface area (Å²) >= 11 is 0. The second-order valence-corrected chi connectivity index (χ2v) is 7.37. The first-order chi connectivity index (χ1) is 11.5. The Balaban J connectivity index is 2.03. The van der Waals surface area contributed by atoms with Gasteiger partial charge in [0, 0.05) is 31.3 Å². The van der Waals surface area contributed by atoms with Crippen molar-refractivity contribution in [3.8, 4) is 0 Å². The number of carbonyl (C=O) groups is 1. The van der Waals surface area contributed by atoms with E-state index >= 15 is 0 Å². The molecule has 1 unspecified atom stereocenters. The van der Waals surface area contributed by atoms with Gasteiger partial charge in [0.15, 0.2) is 0 Å². The van der Waals surface area contributed by atoms with E-state index < -0.39 is 16.2 Å². The summed E-state index contributed by atoms with van der Waals surface area (Å²) in [6, 6.07) is 19.2. The van der Waals surface area contributed by atoms with E-state index in [4.69, 9.17) is 0 Å². The minimum absolute atomic E-state index is 0.00782. The van der Waals surface area contributed by atoms with E-state index in [2.05, 4.69) is 0 Å². The van der Waals surface area contributed by atoms with E-state index in [1.807, 2.05) is 60.7 Å². The predicted octanol–water partition coefficient (Wildman–Crippen LogP) is 2.51. The van der Waals surface area contributed by atoms with Crippen LogP contribution in [0.5, 0.6) is 0 Å². The number of carbonyl (C=O) groups excluding carboxylic acids is 1. The molecule has 5 nitrogen and oxygen atoms in total. The van der Waals surface area contributed by atoms with Gasteiger partial charge in [-0.05, 0) is 11.1 Å². The summed E-state index contributed by atoms with van der Waals surface area (Å²) in [5.74, 6) is -0.748. The third-order valence-corrected chi connectivity index (χ3v) is 5.45. The van der Waals surface area contributed by atoms with Crippen LogP contribution in [0.2, 0.25) is 0 Å². The molecule has 0 aliphatic carbocycles. The Morgan fingerprint density at radius 2 is 1.46 bits per heavy atom. The first-order valence-electron chi connectivity index (χ1n) is 7.82. The Bertz CT molecular complexity index is 766. The molecule has 1 heterocycles. The Labute approximate surface area is 141 Å². The van der Waals surface area contributed by atoms with Gasteiger partial charge in [0.1, 0.15) is 5.78 Å². The van der Waals surface area contributed by atoms with E-state index in [1.165, 1.54) is 0 Å². The third kappa shape index (κ3) is 3.56. The second-order valence-electron chi connectivity index (χ2n) is 5.96. The van der Waals surface area contributed by atoms with Gasteiger partial charge < -0.3 is 0 Å². The highest BCUT2D eigenvalue weighted by Crippen LogP contribution is 2.35. The zero-order valence-corrected chi connectivity index (χ0v) is 13.9. The lowest BCUT2D eigenvalue weighted by atomic mass is 9.77. The first kappa shape index (κ1) is 16.8. The quantitative estimate of drug-likeness (QED) is 0.864. The Morgan fingerprint density at radius 3 is 1.92 bits per heavy atom. The first-order valence-corrected chi connectivity index (χ1v) is 9.21. The normalized spacial score (nSPS) is 19.6. The molecule has 1 aliphatic heterocycles. The van der Waals surface area contributed by atoms with E-state index in [1.54, 1.807) is 0 Å². The lowest BCUT2D eigenvalue weighted by molar-refractivity contribution is -0.125. The second kappa shape index (κ2) is 6.84. The number of Topliss-reactive ketones (excluding diaryl/α,β-unsaturated/α-hetero) is 1. The van der Waals surface area contributed by atoms with Gasteiger partial charge in [-0.1, -0.05) is 60.7 Å². The fraction of sp³-hybridized carbons (Fsp3) is 0.278. The van der Waals surface area contributed by atoms with Gasteiger partial charge in [-0.25, -0.2) is 0 Å². The molecule has 3 rings (SSSR count). The molecule has 1 N–H and O–H groups in total. The summed E-state index contributed by atoms with van der Waals surface area (Å²) in [5.41, 5.74) is 1.92. The lowest BCUT2D eigenvalue weighted by Crippen LogP contribution is -2.46. The molecular weight excluding hydrogens is 326 g/mol. The van der Waals surface area contributed by atoms with Gasteiger partial charge in [-0.2, -0.15) is 12.7 Å². The number of hydrogen-bond donors (Lipinski definition) is 1. The van der Waals surface area contributed by atoms with Crippen LogP contribution in [0.3, 0.4) is 0 Å². The fourth-order valence-corrected chi connectivity index (χ4v) is 3.98.